The molecule has 1 N–H and O–H groups in total. The maximum atomic E-state index is 5.79. The van der Waals surface area contributed by atoms with Gasteiger partial charge in [0.1, 0.15) is 5.82 Å². The van der Waals surface area contributed by atoms with Gasteiger partial charge < -0.3 is 10.2 Å². The zero-order valence-corrected chi connectivity index (χ0v) is 14.3. The van der Waals surface area contributed by atoms with Crippen LogP contribution in [0.1, 0.15) is 24.6 Å². The number of hydrogen-bond donors (Lipinski definition) is 1. The second-order valence-corrected chi connectivity index (χ2v) is 7.11. The van der Waals surface area contributed by atoms with Crippen LogP contribution in [0.25, 0.3) is 5.65 Å². The molecule has 0 aromatic carbocycles. The maximum absolute atomic E-state index is 5.79. The Morgan fingerprint density at radius 1 is 1.12 bits per heavy atom. The summed E-state index contributed by atoms with van der Waals surface area (Å²) in [5.74, 6) is 3.66. The van der Waals surface area contributed by atoms with Crippen LogP contribution >= 0.6 is 11.6 Å². The van der Waals surface area contributed by atoms with Crippen molar-refractivity contribution >= 4 is 29.0 Å². The SMILES string of the molecule is Clc1cnc(NCC2CN(c3ccc4nnc(C5CC5)n4n3)C2)nc1. The van der Waals surface area contributed by atoms with Crippen LogP contribution in [-0.2, 0) is 0 Å². The Kier molecular flexibility index (Phi) is 3.44. The predicted molar refractivity (Wildman–Crippen MR) is 94.0 cm³/mol. The molecule has 0 radical (unpaired) electrons. The van der Waals surface area contributed by atoms with E-state index >= 15 is 0 Å². The Morgan fingerprint density at radius 2 is 1.92 bits per heavy atom. The number of rotatable bonds is 5. The minimum absolute atomic E-state index is 0.533. The lowest BCUT2D eigenvalue weighted by Gasteiger charge is -2.40. The fraction of sp³-hybridized carbons (Fsp3) is 0.438. The highest BCUT2D eigenvalue weighted by molar-refractivity contribution is 6.30. The van der Waals surface area contributed by atoms with Crippen molar-refractivity contribution in [2.45, 2.75) is 18.8 Å². The van der Waals surface area contributed by atoms with E-state index in [1.54, 1.807) is 12.4 Å². The standard InChI is InChI=1S/C16H17ClN8/c17-12-6-19-16(20-7-12)18-5-10-8-24(9-10)14-4-3-13-21-22-15(11-1-2-11)25(13)23-14/h3-4,6-7,10-11H,1-2,5,8-9H2,(H,18,19,20). The summed E-state index contributed by atoms with van der Waals surface area (Å²) in [5.41, 5.74) is 0.823. The second kappa shape index (κ2) is 5.80. The van der Waals surface area contributed by atoms with Crippen LogP contribution in [0, 0.1) is 5.92 Å². The van der Waals surface area contributed by atoms with Crippen molar-refractivity contribution in [1.29, 1.82) is 0 Å². The summed E-state index contributed by atoms with van der Waals surface area (Å²) in [5, 5.41) is 17.0. The lowest BCUT2D eigenvalue weighted by molar-refractivity contribution is 0.424. The third-order valence-electron chi connectivity index (χ3n) is 4.67. The quantitative estimate of drug-likeness (QED) is 0.748. The van der Waals surface area contributed by atoms with Crippen LogP contribution in [0.2, 0.25) is 5.02 Å². The van der Waals surface area contributed by atoms with Gasteiger partial charge in [-0.1, -0.05) is 11.6 Å². The lowest BCUT2D eigenvalue weighted by Crippen LogP contribution is -2.50. The maximum Gasteiger partial charge on any atom is 0.222 e. The molecule has 4 heterocycles. The van der Waals surface area contributed by atoms with Crippen molar-refractivity contribution in [3.05, 3.63) is 35.4 Å². The van der Waals surface area contributed by atoms with Crippen molar-refractivity contribution in [3.8, 4) is 0 Å². The minimum Gasteiger partial charge on any atom is -0.354 e. The van der Waals surface area contributed by atoms with E-state index in [-0.39, 0.29) is 0 Å². The van der Waals surface area contributed by atoms with Crippen LogP contribution in [0.3, 0.4) is 0 Å². The van der Waals surface area contributed by atoms with Crippen molar-refractivity contribution in [1.82, 2.24) is 29.8 Å². The zero-order chi connectivity index (χ0) is 16.8. The van der Waals surface area contributed by atoms with E-state index < -0.39 is 0 Å². The highest BCUT2D eigenvalue weighted by atomic mass is 35.5. The van der Waals surface area contributed by atoms with Gasteiger partial charge in [-0.25, -0.2) is 9.97 Å². The van der Waals surface area contributed by atoms with Gasteiger partial charge >= 0.3 is 0 Å². The number of nitrogens with one attached hydrogen (secondary N) is 1. The van der Waals surface area contributed by atoms with Crippen LogP contribution in [-0.4, -0.2) is 49.4 Å². The van der Waals surface area contributed by atoms with Gasteiger partial charge in [-0.2, -0.15) is 4.52 Å². The Bertz CT molecular complexity index is 898. The van der Waals surface area contributed by atoms with Crippen LogP contribution in [0.15, 0.2) is 24.5 Å². The van der Waals surface area contributed by atoms with Gasteiger partial charge in [0.2, 0.25) is 5.95 Å². The molecule has 1 aliphatic carbocycles. The fourth-order valence-corrected chi connectivity index (χ4v) is 3.18. The number of hydrogen-bond acceptors (Lipinski definition) is 7. The highest BCUT2D eigenvalue weighted by Gasteiger charge is 2.31. The highest BCUT2D eigenvalue weighted by Crippen LogP contribution is 2.38. The molecular formula is C16H17ClN8. The summed E-state index contributed by atoms with van der Waals surface area (Å²) >= 11 is 5.79. The van der Waals surface area contributed by atoms with Gasteiger partial charge in [-0.05, 0) is 25.0 Å². The molecule has 0 atom stereocenters. The van der Waals surface area contributed by atoms with Gasteiger partial charge in [-0.3, -0.25) is 0 Å². The third-order valence-corrected chi connectivity index (χ3v) is 4.86. The summed E-state index contributed by atoms with van der Waals surface area (Å²) in [6.07, 6.45) is 5.58. The molecule has 0 spiro atoms. The molecule has 3 aromatic rings. The van der Waals surface area contributed by atoms with E-state index in [1.165, 1.54) is 12.8 Å². The predicted octanol–water partition coefficient (Wildman–Crippen LogP) is 1.99. The summed E-state index contributed by atoms with van der Waals surface area (Å²) in [4.78, 5) is 10.6. The van der Waals surface area contributed by atoms with Crippen molar-refractivity contribution in [2.75, 3.05) is 29.9 Å². The number of aromatic nitrogens is 6. The molecule has 25 heavy (non-hydrogen) atoms. The fourth-order valence-electron chi connectivity index (χ4n) is 3.09. The molecule has 8 nitrogen and oxygen atoms in total. The molecule has 0 bridgehead atoms. The lowest BCUT2D eigenvalue weighted by atomic mass is 10.0. The van der Waals surface area contributed by atoms with E-state index in [0.717, 1.165) is 36.9 Å². The monoisotopic (exact) mass is 356 g/mol. The summed E-state index contributed by atoms with van der Waals surface area (Å²) in [7, 11) is 0. The molecule has 9 heteroatoms. The summed E-state index contributed by atoms with van der Waals surface area (Å²) in [6.45, 7) is 2.75. The van der Waals surface area contributed by atoms with Crippen molar-refractivity contribution in [2.24, 2.45) is 5.92 Å². The van der Waals surface area contributed by atoms with E-state index in [0.29, 0.717) is 22.8 Å². The summed E-state index contributed by atoms with van der Waals surface area (Å²) < 4.78 is 1.90. The topological polar surface area (TPSA) is 84.1 Å². The van der Waals surface area contributed by atoms with E-state index in [1.807, 2.05) is 16.6 Å². The van der Waals surface area contributed by atoms with Crippen LogP contribution in [0.4, 0.5) is 11.8 Å². The Hall–Kier alpha value is -2.48. The molecule has 2 fully saturated rings. The Balaban J connectivity index is 1.22. The first-order valence-corrected chi connectivity index (χ1v) is 8.83. The van der Waals surface area contributed by atoms with Gasteiger partial charge in [-0.15, -0.1) is 15.3 Å². The van der Waals surface area contributed by atoms with Gasteiger partial charge in [0.25, 0.3) is 0 Å². The average molecular weight is 357 g/mol. The number of nitrogens with zero attached hydrogens (tertiary/aromatic N) is 7. The largest absolute Gasteiger partial charge is 0.354 e. The molecule has 5 rings (SSSR count). The molecule has 0 unspecified atom stereocenters. The molecular weight excluding hydrogens is 340 g/mol. The molecule has 3 aromatic heterocycles. The van der Waals surface area contributed by atoms with E-state index in [4.69, 9.17) is 16.7 Å². The summed E-state index contributed by atoms with van der Waals surface area (Å²) in [6, 6.07) is 4.01. The van der Waals surface area contributed by atoms with Crippen LogP contribution in [0.5, 0.6) is 0 Å². The first-order chi connectivity index (χ1) is 12.3. The molecule has 1 aliphatic heterocycles. The number of fused-ring (bicyclic) bond motifs is 1. The Morgan fingerprint density at radius 3 is 2.68 bits per heavy atom. The number of halogens is 1. The third kappa shape index (κ3) is 2.86. The van der Waals surface area contributed by atoms with Gasteiger partial charge in [0.15, 0.2) is 11.5 Å². The van der Waals surface area contributed by atoms with E-state index in [9.17, 15) is 0 Å². The average Bonchev–Trinajstić information content (AvgIpc) is 3.34. The molecule has 1 saturated heterocycles. The first kappa shape index (κ1) is 14.8. The van der Waals surface area contributed by atoms with E-state index in [2.05, 4.69) is 30.4 Å². The molecule has 0 amide bonds. The van der Waals surface area contributed by atoms with Gasteiger partial charge in [0.05, 0.1) is 17.4 Å². The van der Waals surface area contributed by atoms with Crippen LogP contribution < -0.4 is 10.2 Å². The first-order valence-electron chi connectivity index (χ1n) is 8.45. The van der Waals surface area contributed by atoms with Gasteiger partial charge in [0, 0.05) is 31.5 Å². The molecule has 2 aliphatic rings. The number of anilines is 2. The smallest absolute Gasteiger partial charge is 0.222 e. The Labute approximate surface area is 149 Å². The minimum atomic E-state index is 0.533. The second-order valence-electron chi connectivity index (χ2n) is 6.67. The molecule has 1 saturated carbocycles. The normalized spacial score (nSPS) is 17.7. The zero-order valence-electron chi connectivity index (χ0n) is 13.5. The molecule has 128 valence electrons. The van der Waals surface area contributed by atoms with Crippen molar-refractivity contribution in [3.63, 3.8) is 0 Å². The van der Waals surface area contributed by atoms with Crippen molar-refractivity contribution < 1.29 is 0 Å².